The van der Waals surface area contributed by atoms with E-state index in [4.69, 9.17) is 36.9 Å². The highest BCUT2D eigenvalue weighted by molar-refractivity contribution is 6.06. The molecular formula is C73H72FN15O8. The van der Waals surface area contributed by atoms with Gasteiger partial charge in [-0.15, -0.1) is 0 Å². The van der Waals surface area contributed by atoms with Crippen LogP contribution < -0.4 is 53.3 Å². The van der Waals surface area contributed by atoms with Crippen molar-refractivity contribution in [3.63, 3.8) is 0 Å². The summed E-state index contributed by atoms with van der Waals surface area (Å²) in [6.45, 7) is 15.7. The number of hydrogen-bond acceptors (Lipinski definition) is 14. The third-order valence-corrected chi connectivity index (χ3v) is 17.1. The summed E-state index contributed by atoms with van der Waals surface area (Å²) in [5.41, 5.74) is 22.5. The molecule has 7 heterocycles. The molecule has 6 aromatic carbocycles. The number of amides is 6. The molecule has 24 heteroatoms. The summed E-state index contributed by atoms with van der Waals surface area (Å²) in [6.07, 6.45) is 4.68. The molecular weight excluding hydrogens is 1230 g/mol. The highest BCUT2D eigenvalue weighted by Crippen LogP contribution is 2.43. The first-order valence-corrected chi connectivity index (χ1v) is 31.4. The molecule has 4 aliphatic heterocycles. The van der Waals surface area contributed by atoms with E-state index in [2.05, 4.69) is 56.7 Å². The Labute approximate surface area is 558 Å². The van der Waals surface area contributed by atoms with Gasteiger partial charge in [-0.1, -0.05) is 73.7 Å². The second kappa shape index (κ2) is 28.9. The van der Waals surface area contributed by atoms with Crippen LogP contribution >= 0.6 is 0 Å². The van der Waals surface area contributed by atoms with Crippen molar-refractivity contribution in [1.29, 1.82) is 0 Å². The van der Waals surface area contributed by atoms with Crippen LogP contribution in [0.25, 0.3) is 33.8 Å². The Bertz CT molecular complexity index is 4510. The smallest absolute Gasteiger partial charge is 0.298 e. The molecule has 0 aliphatic carbocycles. The van der Waals surface area contributed by atoms with Gasteiger partial charge in [0.2, 0.25) is 11.8 Å². The maximum atomic E-state index is 13.4. The lowest BCUT2D eigenvalue weighted by Gasteiger charge is -2.44. The van der Waals surface area contributed by atoms with Gasteiger partial charge in [0.25, 0.3) is 23.6 Å². The summed E-state index contributed by atoms with van der Waals surface area (Å²) in [5.74, 6) is 7.18. The maximum absolute atomic E-state index is 13.4. The van der Waals surface area contributed by atoms with Crippen molar-refractivity contribution in [2.24, 2.45) is 23.1 Å². The van der Waals surface area contributed by atoms with E-state index >= 15 is 0 Å². The van der Waals surface area contributed by atoms with Crippen LogP contribution in [0.2, 0.25) is 0 Å². The summed E-state index contributed by atoms with van der Waals surface area (Å²) < 4.78 is 30.5. The number of nitrogens with zero attached hydrogens (tertiary/aromatic N) is 7. The first-order chi connectivity index (χ1) is 46.8. The number of fused-ring (bicyclic) bond motifs is 3. The zero-order valence-electron chi connectivity index (χ0n) is 53.6. The SMILES string of the molecule is C=CC(=O)NC(C)(C)C1CCNc2c(C(N)=O)c(-c3ccc(Oc4ccccc4)cc3)nn21.C=CC(=O)Nc1ccccc1C1CCNc2c(C(N)=O)c(-c3ccc(F)cc3)nn21.CC#CC(=O)N1CC(C2CCNc3c(C(N)=O)c(-c4ccc(Oc5ccccc5)cc4)nn32)C1. The molecule has 23 nitrogen and oxygen atoms in total. The Balaban J connectivity index is 0.000000148. The van der Waals surface area contributed by atoms with Crippen LogP contribution in [0.4, 0.5) is 27.5 Å². The Kier molecular flexibility index (Phi) is 19.8. The maximum Gasteiger partial charge on any atom is 0.298 e. The first kappa shape index (κ1) is 66.2. The van der Waals surface area contributed by atoms with E-state index in [0.717, 1.165) is 34.6 Å². The summed E-state index contributed by atoms with van der Waals surface area (Å²) >= 11 is 0. The fourth-order valence-electron chi connectivity index (χ4n) is 12.4. The number of ether oxygens (including phenoxy) is 2. The topological polar surface area (TPSA) is 316 Å². The monoisotopic (exact) mass is 1310 g/mol. The molecule has 97 heavy (non-hydrogen) atoms. The van der Waals surface area contributed by atoms with Crippen LogP contribution in [-0.2, 0) is 14.4 Å². The van der Waals surface area contributed by atoms with E-state index in [0.29, 0.717) is 114 Å². The minimum atomic E-state index is -0.631. The molecule has 0 spiro atoms. The fraction of sp³-hybridized carbons (Fsp3) is 0.219. The van der Waals surface area contributed by atoms with Gasteiger partial charge in [0, 0.05) is 66.6 Å². The molecule has 0 bridgehead atoms. The number of rotatable bonds is 17. The minimum Gasteiger partial charge on any atom is -0.457 e. The Morgan fingerprint density at radius 1 is 0.567 bits per heavy atom. The normalized spacial score (nSPS) is 15.8. The van der Waals surface area contributed by atoms with Crippen LogP contribution in [-0.4, -0.2) is 108 Å². The molecule has 9 aromatic rings. The van der Waals surface area contributed by atoms with Gasteiger partial charge in [0.05, 0.1) is 23.7 Å². The minimum absolute atomic E-state index is 0.0717. The summed E-state index contributed by atoms with van der Waals surface area (Å²) in [4.78, 5) is 74.8. The van der Waals surface area contributed by atoms with Crippen molar-refractivity contribution in [3.05, 3.63) is 211 Å². The number of nitrogens with one attached hydrogen (secondary N) is 5. The summed E-state index contributed by atoms with van der Waals surface area (Å²) in [5, 5.41) is 29.8. The van der Waals surface area contributed by atoms with Crippen LogP contribution in [0, 0.1) is 23.6 Å². The largest absolute Gasteiger partial charge is 0.457 e. The fourth-order valence-corrected chi connectivity index (χ4v) is 12.4. The molecule has 13 rings (SSSR count). The lowest BCUT2D eigenvalue weighted by molar-refractivity contribution is -0.132. The van der Waals surface area contributed by atoms with E-state index in [-0.39, 0.29) is 53.1 Å². The molecule has 6 amide bonds. The van der Waals surface area contributed by atoms with Crippen LogP contribution in [0.3, 0.4) is 0 Å². The Morgan fingerprint density at radius 2 is 1.00 bits per heavy atom. The quantitative estimate of drug-likeness (QED) is 0.0311. The number of para-hydroxylation sites is 3. The van der Waals surface area contributed by atoms with Gasteiger partial charge < -0.3 is 58.2 Å². The number of aromatic nitrogens is 6. The van der Waals surface area contributed by atoms with Crippen molar-refractivity contribution in [2.45, 2.75) is 63.7 Å². The molecule has 3 atom stereocenters. The average molecular weight is 1310 g/mol. The number of likely N-dealkylation sites (tertiary alicyclic amines) is 1. The van der Waals surface area contributed by atoms with E-state index in [1.165, 1.54) is 24.3 Å². The third-order valence-electron chi connectivity index (χ3n) is 17.1. The van der Waals surface area contributed by atoms with Crippen molar-refractivity contribution in [2.75, 3.05) is 54.0 Å². The predicted octanol–water partition coefficient (Wildman–Crippen LogP) is 10.5. The van der Waals surface area contributed by atoms with Crippen LogP contribution in [0.15, 0.2) is 183 Å². The molecule has 0 radical (unpaired) electrons. The number of hydrogen-bond donors (Lipinski definition) is 8. The second-order valence-corrected chi connectivity index (χ2v) is 23.8. The molecule has 3 aromatic heterocycles. The van der Waals surface area contributed by atoms with E-state index in [1.807, 2.05) is 146 Å². The van der Waals surface area contributed by atoms with E-state index in [1.54, 1.807) is 39.4 Å². The zero-order valence-corrected chi connectivity index (χ0v) is 53.6. The molecule has 4 aliphatic rings. The molecule has 3 unspecified atom stereocenters. The Hall–Kier alpha value is -12.3. The average Bonchev–Trinajstić information content (AvgIpc) is 1.63. The number of benzene rings is 6. The predicted molar refractivity (Wildman–Crippen MR) is 368 cm³/mol. The number of halogens is 1. The van der Waals surface area contributed by atoms with Crippen molar-refractivity contribution in [3.8, 4) is 68.6 Å². The van der Waals surface area contributed by atoms with Gasteiger partial charge in [0.1, 0.15) is 80.0 Å². The third kappa shape index (κ3) is 14.5. The van der Waals surface area contributed by atoms with E-state index in [9.17, 15) is 33.2 Å². The van der Waals surface area contributed by atoms with Crippen LogP contribution in [0.1, 0.15) is 94.8 Å². The highest BCUT2D eigenvalue weighted by Gasteiger charge is 2.42. The number of nitrogens with two attached hydrogens (primary N) is 3. The number of carbonyl (C=O) groups is 6. The van der Waals surface area contributed by atoms with Gasteiger partial charge in [-0.3, -0.25) is 28.8 Å². The molecule has 0 saturated carbocycles. The van der Waals surface area contributed by atoms with Gasteiger partial charge in [-0.2, -0.15) is 15.3 Å². The summed E-state index contributed by atoms with van der Waals surface area (Å²) in [7, 11) is 0. The first-order valence-electron chi connectivity index (χ1n) is 31.4. The molecule has 11 N–H and O–H groups in total. The number of anilines is 4. The van der Waals surface area contributed by atoms with Crippen LogP contribution in [0.5, 0.6) is 23.0 Å². The number of primary amides is 3. The van der Waals surface area contributed by atoms with Gasteiger partial charge in [-0.05, 0) is 161 Å². The number of carbonyl (C=O) groups excluding carboxylic acids is 6. The standard InChI is InChI=1S/C26H25N5O3.C25H27N5O3.C22H20FN5O2/c1-2-6-22(32)30-15-18(16-30)21-13-14-28-26-23(25(27)33)24(29-31(21)26)17-9-11-20(12-10-17)34-19-7-4-3-5-8-19;1-4-20(31)28-25(2,3)19-14-15-27-24-21(23(26)32)22(29-30(19)24)16-10-12-18(13-11-16)33-17-8-6-5-7-9-17;1-2-18(29)26-16-6-4-3-5-15(16)17-11-12-25-22-19(21(24)30)20(27-28(17)22)13-7-9-14(23)10-8-13/h3-5,7-12,18,21,28H,13-16H2,1H3,(H2,27,33);4-13,19,27H,1,14-15H2,2-3H3,(H2,26,32)(H,28,31);2-10,17,25H,1,11-12H2,(H2,24,30)(H,26,29). The second-order valence-electron chi connectivity index (χ2n) is 23.8. The van der Waals surface area contributed by atoms with Crippen molar-refractivity contribution >= 4 is 58.6 Å². The zero-order chi connectivity index (χ0) is 68.5. The lowest BCUT2D eigenvalue weighted by Crippen LogP contribution is -2.53. The molecule has 494 valence electrons. The van der Waals surface area contributed by atoms with Gasteiger partial charge in [-0.25, -0.2) is 18.4 Å². The lowest BCUT2D eigenvalue weighted by atomic mass is 9.88. The van der Waals surface area contributed by atoms with Crippen molar-refractivity contribution in [1.82, 2.24) is 39.6 Å². The highest BCUT2D eigenvalue weighted by atomic mass is 19.1. The molecule has 1 saturated heterocycles. The van der Waals surface area contributed by atoms with Gasteiger partial charge >= 0.3 is 0 Å². The molecule has 1 fully saturated rings. The summed E-state index contributed by atoms with van der Waals surface area (Å²) in [6, 6.07) is 46.6. The van der Waals surface area contributed by atoms with E-state index < -0.39 is 23.3 Å². The Morgan fingerprint density at radius 3 is 1.51 bits per heavy atom. The van der Waals surface area contributed by atoms with Gasteiger partial charge in [0.15, 0.2) is 0 Å². The van der Waals surface area contributed by atoms with Crippen molar-refractivity contribution < 1.29 is 42.6 Å².